The van der Waals surface area contributed by atoms with E-state index in [1.165, 1.54) is 26.2 Å². The first kappa shape index (κ1) is 12.1. The molecule has 0 aliphatic rings. The quantitative estimate of drug-likeness (QED) is 0.815. The third-order valence-electron chi connectivity index (χ3n) is 2.80. The van der Waals surface area contributed by atoms with E-state index in [1.54, 1.807) is 0 Å². The van der Waals surface area contributed by atoms with Gasteiger partial charge in [-0.05, 0) is 13.3 Å². The van der Waals surface area contributed by atoms with E-state index in [1.807, 2.05) is 0 Å². The number of aromatic amines is 1. The van der Waals surface area contributed by atoms with Crippen LogP contribution in [0.15, 0.2) is 12.4 Å². The zero-order valence-electron chi connectivity index (χ0n) is 9.09. The fraction of sp³-hybridized carbons (Fsp3) is 0.700. The van der Waals surface area contributed by atoms with Gasteiger partial charge in [-0.25, -0.2) is 8.78 Å². The highest BCUT2D eigenvalue weighted by molar-refractivity contribution is 5.07. The van der Waals surface area contributed by atoms with Crippen LogP contribution in [0.2, 0.25) is 0 Å². The summed E-state index contributed by atoms with van der Waals surface area (Å²) in [6, 6.07) is 0. The number of hydrogen-bond donors (Lipinski definition) is 2. The molecular formula is C10H16F2N2O. The van der Waals surface area contributed by atoms with Crippen LogP contribution in [0.4, 0.5) is 8.78 Å². The molecule has 15 heavy (non-hydrogen) atoms. The second-order valence-corrected chi connectivity index (χ2v) is 4.52. The molecule has 0 fully saturated rings. The molecule has 1 rings (SSSR count). The lowest BCUT2D eigenvalue weighted by atomic mass is 9.80. The zero-order valence-corrected chi connectivity index (χ0v) is 9.09. The lowest BCUT2D eigenvalue weighted by Gasteiger charge is -2.32. The minimum absolute atomic E-state index is 0.00394. The first-order chi connectivity index (χ1) is 6.74. The highest BCUT2D eigenvalue weighted by Crippen LogP contribution is 2.42. The molecule has 86 valence electrons. The molecule has 3 nitrogen and oxygen atoms in total. The van der Waals surface area contributed by atoms with Crippen LogP contribution < -0.4 is 0 Å². The summed E-state index contributed by atoms with van der Waals surface area (Å²) in [5, 5.41) is 15.9. The van der Waals surface area contributed by atoms with Crippen LogP contribution in [0.1, 0.15) is 38.9 Å². The van der Waals surface area contributed by atoms with Gasteiger partial charge in [0.1, 0.15) is 0 Å². The normalized spacial score (nSPS) is 15.3. The van der Waals surface area contributed by atoms with Gasteiger partial charge in [0.2, 0.25) is 0 Å². The maximum atomic E-state index is 13.2. The van der Waals surface area contributed by atoms with E-state index < -0.39 is 17.4 Å². The van der Waals surface area contributed by atoms with Gasteiger partial charge in [0.25, 0.3) is 5.92 Å². The summed E-state index contributed by atoms with van der Waals surface area (Å²) in [5.41, 5.74) is -0.712. The third-order valence-corrected chi connectivity index (χ3v) is 2.80. The lowest BCUT2D eigenvalue weighted by molar-refractivity contribution is -0.107. The monoisotopic (exact) mass is 218 g/mol. The molecule has 1 aromatic heterocycles. The predicted octanol–water partition coefficient (Wildman–Crippen LogP) is 2.51. The standard InChI is InChI=1S/C10H16F2N2O/c1-9(2,10(3,11)12)4-8(15)7-5-13-14-6-7/h5-6,8,15H,4H2,1-3H3,(H,13,14). The SMILES string of the molecule is CC(F)(F)C(C)(C)CC(O)c1cn[nH]c1. The van der Waals surface area contributed by atoms with Gasteiger partial charge in [-0.1, -0.05) is 13.8 Å². The Balaban J connectivity index is 2.70. The number of aliphatic hydroxyl groups excluding tert-OH is 1. The molecule has 0 aromatic carbocycles. The number of H-pyrrole nitrogens is 1. The van der Waals surface area contributed by atoms with E-state index in [9.17, 15) is 13.9 Å². The van der Waals surface area contributed by atoms with Gasteiger partial charge >= 0.3 is 0 Å². The van der Waals surface area contributed by atoms with Gasteiger partial charge < -0.3 is 5.11 Å². The van der Waals surface area contributed by atoms with Crippen LogP contribution in [-0.2, 0) is 0 Å². The van der Waals surface area contributed by atoms with Gasteiger partial charge in [-0.2, -0.15) is 5.10 Å². The number of nitrogens with zero attached hydrogens (tertiary/aromatic N) is 1. The van der Waals surface area contributed by atoms with Crippen molar-refractivity contribution in [1.29, 1.82) is 0 Å². The molecule has 0 aliphatic heterocycles. The first-order valence-electron chi connectivity index (χ1n) is 4.78. The molecule has 0 saturated heterocycles. The Morgan fingerprint density at radius 1 is 1.47 bits per heavy atom. The fourth-order valence-corrected chi connectivity index (χ4v) is 1.22. The van der Waals surface area contributed by atoms with Gasteiger partial charge in [-0.15, -0.1) is 0 Å². The topological polar surface area (TPSA) is 48.9 Å². The number of rotatable bonds is 4. The third kappa shape index (κ3) is 2.75. The summed E-state index contributed by atoms with van der Waals surface area (Å²) in [6.07, 6.45) is 2.03. The second-order valence-electron chi connectivity index (χ2n) is 4.52. The Labute approximate surface area is 87.5 Å². The number of nitrogens with one attached hydrogen (secondary N) is 1. The van der Waals surface area contributed by atoms with Crippen LogP contribution in [0.3, 0.4) is 0 Å². The summed E-state index contributed by atoms with van der Waals surface area (Å²) in [7, 11) is 0. The van der Waals surface area contributed by atoms with Gasteiger partial charge in [0.05, 0.1) is 12.3 Å². The van der Waals surface area contributed by atoms with E-state index in [4.69, 9.17) is 0 Å². The average Bonchev–Trinajstić information content (AvgIpc) is 2.51. The molecule has 5 heteroatoms. The van der Waals surface area contributed by atoms with Crippen LogP contribution in [-0.4, -0.2) is 21.2 Å². The minimum Gasteiger partial charge on any atom is -0.388 e. The molecule has 0 spiro atoms. The van der Waals surface area contributed by atoms with E-state index >= 15 is 0 Å². The summed E-state index contributed by atoms with van der Waals surface area (Å²) < 4.78 is 26.3. The number of halogens is 2. The summed E-state index contributed by atoms with van der Waals surface area (Å²) in [6.45, 7) is 3.75. The van der Waals surface area contributed by atoms with Gasteiger partial charge in [0, 0.05) is 17.2 Å². The second kappa shape index (κ2) is 3.89. The molecule has 2 N–H and O–H groups in total. The van der Waals surface area contributed by atoms with E-state index in [0.29, 0.717) is 5.56 Å². The van der Waals surface area contributed by atoms with Gasteiger partial charge in [0.15, 0.2) is 0 Å². The Morgan fingerprint density at radius 3 is 2.47 bits per heavy atom. The van der Waals surface area contributed by atoms with Crippen molar-refractivity contribution in [2.45, 2.75) is 39.2 Å². The first-order valence-corrected chi connectivity index (χ1v) is 4.78. The van der Waals surface area contributed by atoms with Crippen LogP contribution in [0.5, 0.6) is 0 Å². The summed E-state index contributed by atoms with van der Waals surface area (Å²) >= 11 is 0. The van der Waals surface area contributed by atoms with Crippen molar-refractivity contribution in [1.82, 2.24) is 10.2 Å². The number of aliphatic hydroxyl groups is 1. The zero-order chi connectivity index (χ0) is 11.7. The molecule has 0 bridgehead atoms. The summed E-state index contributed by atoms with van der Waals surface area (Å²) in [4.78, 5) is 0. The van der Waals surface area contributed by atoms with Crippen molar-refractivity contribution in [2.24, 2.45) is 5.41 Å². The molecule has 0 amide bonds. The fourth-order valence-electron chi connectivity index (χ4n) is 1.22. The number of hydrogen-bond acceptors (Lipinski definition) is 2. The summed E-state index contributed by atoms with van der Waals surface area (Å²) in [5.74, 6) is -2.82. The maximum absolute atomic E-state index is 13.2. The predicted molar refractivity (Wildman–Crippen MR) is 52.6 cm³/mol. The van der Waals surface area contributed by atoms with E-state index in [0.717, 1.165) is 6.92 Å². The molecule has 0 aliphatic carbocycles. The Hall–Kier alpha value is -0.970. The molecule has 1 atom stereocenters. The smallest absolute Gasteiger partial charge is 0.250 e. The minimum atomic E-state index is -2.82. The highest BCUT2D eigenvalue weighted by Gasteiger charge is 2.43. The molecule has 1 aromatic rings. The van der Waals surface area contributed by atoms with E-state index in [-0.39, 0.29) is 6.42 Å². The van der Waals surface area contributed by atoms with E-state index in [2.05, 4.69) is 10.2 Å². The molecule has 0 saturated carbocycles. The molecule has 1 heterocycles. The highest BCUT2D eigenvalue weighted by atomic mass is 19.3. The molecule has 0 radical (unpaired) electrons. The lowest BCUT2D eigenvalue weighted by Crippen LogP contribution is -2.34. The van der Waals surface area contributed by atoms with Crippen molar-refractivity contribution >= 4 is 0 Å². The van der Waals surface area contributed by atoms with Crippen molar-refractivity contribution in [3.8, 4) is 0 Å². The van der Waals surface area contributed by atoms with Crippen molar-refractivity contribution < 1.29 is 13.9 Å². The van der Waals surface area contributed by atoms with Gasteiger partial charge in [-0.3, -0.25) is 5.10 Å². The number of aromatic nitrogens is 2. The van der Waals surface area contributed by atoms with Crippen molar-refractivity contribution in [3.05, 3.63) is 18.0 Å². The van der Waals surface area contributed by atoms with Crippen LogP contribution in [0, 0.1) is 5.41 Å². The van der Waals surface area contributed by atoms with Crippen molar-refractivity contribution in [3.63, 3.8) is 0 Å². The Bertz CT molecular complexity index is 304. The maximum Gasteiger partial charge on any atom is 0.250 e. The van der Waals surface area contributed by atoms with Crippen molar-refractivity contribution in [2.75, 3.05) is 0 Å². The molecule has 1 unspecified atom stereocenters. The Morgan fingerprint density at radius 2 is 2.07 bits per heavy atom. The molecular weight excluding hydrogens is 202 g/mol. The Kier molecular flexibility index (Phi) is 3.13. The number of alkyl halides is 2. The largest absolute Gasteiger partial charge is 0.388 e. The van der Waals surface area contributed by atoms with Crippen LogP contribution in [0.25, 0.3) is 0 Å². The van der Waals surface area contributed by atoms with Crippen LogP contribution >= 0.6 is 0 Å². The average molecular weight is 218 g/mol.